The molecule has 3 nitrogen and oxygen atoms in total. The van der Waals surface area contributed by atoms with Crippen molar-refractivity contribution in [2.45, 2.75) is 6.54 Å². The lowest BCUT2D eigenvalue weighted by atomic mass is 10.4. The number of rotatable bonds is 1. The number of aromatic amines is 1. The summed E-state index contributed by atoms with van der Waals surface area (Å²) in [5, 5.41) is 6.69. The van der Waals surface area contributed by atoms with E-state index in [4.69, 9.17) is 5.73 Å². The minimum atomic E-state index is 0. The Morgan fingerprint density at radius 2 is 2.30 bits per heavy atom. The van der Waals surface area contributed by atoms with E-state index in [0.29, 0.717) is 6.54 Å². The molecule has 0 spiro atoms. The van der Waals surface area contributed by atoms with E-state index < -0.39 is 0 Å². The fourth-order valence-electron chi connectivity index (χ4n) is 0.474. The molecule has 0 saturated heterocycles. The molecule has 1 heterocycles. The molecule has 0 atom stereocenters. The van der Waals surface area contributed by atoms with Gasteiger partial charge in [0, 0.05) is 6.54 Å². The van der Waals surface area contributed by atoms with E-state index in [0.717, 1.165) is 13.9 Å². The molecule has 1 aromatic heterocycles. The van der Waals surface area contributed by atoms with Gasteiger partial charge in [0.1, 0.15) is 4.60 Å². The molecule has 1 aromatic rings. The predicted molar refractivity (Wildman–Crippen MR) is 54.1 cm³/mol. The van der Waals surface area contributed by atoms with Gasteiger partial charge in [-0.1, -0.05) is 0 Å². The fraction of sp³-hybridized carbons (Fsp3) is 0.250. The van der Waals surface area contributed by atoms with Crippen molar-refractivity contribution in [3.05, 3.63) is 13.9 Å². The first-order valence-electron chi connectivity index (χ1n) is 2.34. The highest BCUT2D eigenvalue weighted by Crippen LogP contribution is 2.18. The van der Waals surface area contributed by atoms with Gasteiger partial charge >= 0.3 is 0 Å². The van der Waals surface area contributed by atoms with Gasteiger partial charge in [0.15, 0.2) is 0 Å². The van der Waals surface area contributed by atoms with E-state index in [1.165, 1.54) is 0 Å². The third-order valence-corrected chi connectivity index (χ3v) is 3.42. The maximum Gasteiger partial charge on any atom is 0.141 e. The van der Waals surface area contributed by atoms with Crippen LogP contribution in [0.3, 0.4) is 0 Å². The summed E-state index contributed by atoms with van der Waals surface area (Å²) in [4.78, 5) is 0. The lowest BCUT2D eigenvalue weighted by molar-refractivity contribution is 0.940. The summed E-state index contributed by atoms with van der Waals surface area (Å²) in [5.41, 5.74) is 6.34. The van der Waals surface area contributed by atoms with Gasteiger partial charge in [0.05, 0.1) is 9.26 Å². The first-order chi connectivity index (χ1) is 4.25. The van der Waals surface area contributed by atoms with Gasteiger partial charge in [-0.2, -0.15) is 5.10 Å². The van der Waals surface area contributed by atoms with Crippen molar-refractivity contribution in [3.63, 3.8) is 0 Å². The zero-order chi connectivity index (χ0) is 6.85. The van der Waals surface area contributed by atoms with Crippen molar-refractivity contribution in [2.24, 2.45) is 5.73 Å². The van der Waals surface area contributed by atoms with Crippen LogP contribution in [0, 0.1) is 3.57 Å². The average Bonchev–Trinajstić information content (AvgIpc) is 2.15. The summed E-state index contributed by atoms with van der Waals surface area (Å²) in [6, 6.07) is 0. The van der Waals surface area contributed by atoms with Crippen molar-refractivity contribution >= 4 is 50.9 Å². The lowest BCUT2D eigenvalue weighted by Crippen LogP contribution is -1.97. The van der Waals surface area contributed by atoms with Crippen LogP contribution < -0.4 is 5.73 Å². The maximum atomic E-state index is 5.37. The highest BCUT2D eigenvalue weighted by atomic mass is 127. The van der Waals surface area contributed by atoms with E-state index in [2.05, 4.69) is 48.7 Å². The molecule has 58 valence electrons. The number of aromatic nitrogens is 2. The number of halogens is 3. The Kier molecular flexibility index (Phi) is 4.83. The van der Waals surface area contributed by atoms with Gasteiger partial charge in [-0.15, -0.1) is 12.4 Å². The smallest absolute Gasteiger partial charge is 0.141 e. The van der Waals surface area contributed by atoms with Crippen LogP contribution in [-0.4, -0.2) is 10.2 Å². The Labute approximate surface area is 86.8 Å². The summed E-state index contributed by atoms with van der Waals surface area (Å²) >= 11 is 5.43. The Morgan fingerprint density at radius 3 is 2.50 bits per heavy atom. The van der Waals surface area contributed by atoms with Crippen LogP contribution in [0.25, 0.3) is 0 Å². The molecular formula is C4H6BrClIN3. The van der Waals surface area contributed by atoms with Crippen LogP contribution in [-0.2, 0) is 6.54 Å². The second-order valence-corrected chi connectivity index (χ2v) is 3.34. The fourth-order valence-corrected chi connectivity index (χ4v) is 1.26. The van der Waals surface area contributed by atoms with Crippen molar-refractivity contribution < 1.29 is 0 Å². The minimum Gasteiger partial charge on any atom is -0.325 e. The van der Waals surface area contributed by atoms with Gasteiger partial charge in [-0.3, -0.25) is 5.10 Å². The van der Waals surface area contributed by atoms with Crippen LogP contribution in [0.15, 0.2) is 4.60 Å². The van der Waals surface area contributed by atoms with E-state index in [-0.39, 0.29) is 12.4 Å². The monoisotopic (exact) mass is 337 g/mol. The summed E-state index contributed by atoms with van der Waals surface area (Å²) in [7, 11) is 0. The highest BCUT2D eigenvalue weighted by molar-refractivity contribution is 14.1. The van der Waals surface area contributed by atoms with E-state index in [1.807, 2.05) is 0 Å². The molecule has 0 amide bonds. The number of H-pyrrole nitrogens is 1. The molecule has 1 rings (SSSR count). The van der Waals surface area contributed by atoms with Crippen LogP contribution in [0.5, 0.6) is 0 Å². The quantitative estimate of drug-likeness (QED) is 0.765. The zero-order valence-corrected chi connectivity index (χ0v) is 9.46. The molecule has 0 saturated carbocycles. The molecule has 0 radical (unpaired) electrons. The lowest BCUT2D eigenvalue weighted by Gasteiger charge is -1.87. The number of nitrogens with one attached hydrogen (secondary N) is 1. The molecule has 3 N–H and O–H groups in total. The standard InChI is InChI=1S/C4H5BrIN3.ClH/c5-4-3(6)2(1-7)8-9-4;/h1,7H2,(H,8,9);1H. The molecule has 0 fully saturated rings. The first kappa shape index (κ1) is 10.7. The normalized spacial score (nSPS) is 9.10. The molecule has 10 heavy (non-hydrogen) atoms. The first-order valence-corrected chi connectivity index (χ1v) is 4.21. The Balaban J connectivity index is 0.000000810. The number of hydrogen-bond acceptors (Lipinski definition) is 2. The molecule has 6 heteroatoms. The van der Waals surface area contributed by atoms with Gasteiger partial charge in [0.25, 0.3) is 0 Å². The summed E-state index contributed by atoms with van der Waals surface area (Å²) in [5.74, 6) is 0. The van der Waals surface area contributed by atoms with Crippen LogP contribution in [0.1, 0.15) is 5.69 Å². The third kappa shape index (κ3) is 2.08. The Morgan fingerprint density at radius 1 is 1.70 bits per heavy atom. The second-order valence-electron chi connectivity index (χ2n) is 1.51. The maximum absolute atomic E-state index is 5.37. The Hall–Kier alpha value is 0.670. The van der Waals surface area contributed by atoms with Crippen LogP contribution >= 0.6 is 50.9 Å². The van der Waals surface area contributed by atoms with Gasteiger partial charge in [-0.25, -0.2) is 0 Å². The SMILES string of the molecule is Cl.NCc1[nH]nc(Br)c1I. The zero-order valence-electron chi connectivity index (χ0n) is 4.90. The predicted octanol–water partition coefficient (Wildman–Crippen LogP) is 1.66. The molecular weight excluding hydrogens is 332 g/mol. The van der Waals surface area contributed by atoms with Gasteiger partial charge in [0.2, 0.25) is 0 Å². The number of nitrogens with two attached hydrogens (primary N) is 1. The molecule has 0 aliphatic carbocycles. The van der Waals surface area contributed by atoms with Crippen molar-refractivity contribution in [1.82, 2.24) is 10.2 Å². The van der Waals surface area contributed by atoms with Gasteiger partial charge < -0.3 is 5.73 Å². The molecule has 0 aliphatic rings. The summed E-state index contributed by atoms with van der Waals surface area (Å²) < 4.78 is 1.90. The molecule has 0 bridgehead atoms. The van der Waals surface area contributed by atoms with Crippen molar-refractivity contribution in [1.29, 1.82) is 0 Å². The van der Waals surface area contributed by atoms with Crippen LogP contribution in [0.4, 0.5) is 0 Å². The van der Waals surface area contributed by atoms with Crippen molar-refractivity contribution in [3.8, 4) is 0 Å². The van der Waals surface area contributed by atoms with E-state index in [1.54, 1.807) is 0 Å². The van der Waals surface area contributed by atoms with Gasteiger partial charge in [-0.05, 0) is 38.5 Å². The summed E-state index contributed by atoms with van der Waals surface area (Å²) in [6.45, 7) is 0.511. The molecule has 0 unspecified atom stereocenters. The summed E-state index contributed by atoms with van der Waals surface area (Å²) in [6.07, 6.45) is 0. The minimum absolute atomic E-state index is 0. The molecule has 0 aliphatic heterocycles. The number of hydrogen-bond donors (Lipinski definition) is 2. The second kappa shape index (κ2) is 4.53. The topological polar surface area (TPSA) is 54.7 Å². The Bertz CT molecular complexity index is 214. The average molecular weight is 338 g/mol. The van der Waals surface area contributed by atoms with Crippen molar-refractivity contribution in [2.75, 3.05) is 0 Å². The number of nitrogens with zero attached hydrogens (tertiary/aromatic N) is 1. The highest BCUT2D eigenvalue weighted by Gasteiger charge is 2.04. The largest absolute Gasteiger partial charge is 0.325 e. The van der Waals surface area contributed by atoms with E-state index >= 15 is 0 Å². The van der Waals surface area contributed by atoms with E-state index in [9.17, 15) is 0 Å². The third-order valence-electron chi connectivity index (χ3n) is 0.939. The molecule has 0 aromatic carbocycles. The van der Waals surface area contributed by atoms with Crippen LogP contribution in [0.2, 0.25) is 0 Å².